The Hall–Kier alpha value is -1.09. The maximum Gasteiger partial charge on any atom is 0.123 e. The molecule has 0 radical (unpaired) electrons. The van der Waals surface area contributed by atoms with E-state index in [2.05, 4.69) is 0 Å². The molecule has 2 unspecified atom stereocenters. The molecule has 3 heteroatoms. The van der Waals surface area contributed by atoms with Gasteiger partial charge in [-0.1, -0.05) is 12.8 Å². The summed E-state index contributed by atoms with van der Waals surface area (Å²) in [6.45, 7) is 0. The lowest BCUT2D eigenvalue weighted by Gasteiger charge is -2.51. The first kappa shape index (κ1) is 11.0. The summed E-state index contributed by atoms with van der Waals surface area (Å²) in [7, 11) is 0. The van der Waals surface area contributed by atoms with E-state index in [1.165, 1.54) is 25.0 Å². The van der Waals surface area contributed by atoms with Crippen molar-refractivity contribution < 1.29 is 14.2 Å². The van der Waals surface area contributed by atoms with Gasteiger partial charge in [-0.15, -0.1) is 0 Å². The molecular weight excluding hydrogens is 219 g/mol. The van der Waals surface area contributed by atoms with Crippen molar-refractivity contribution in [3.05, 3.63) is 30.1 Å². The number of ether oxygens (including phenoxy) is 1. The summed E-state index contributed by atoms with van der Waals surface area (Å²) in [5.41, 5.74) is -0.0195. The lowest BCUT2D eigenvalue weighted by Crippen LogP contribution is -2.58. The summed E-state index contributed by atoms with van der Waals surface area (Å²) >= 11 is 0. The quantitative estimate of drug-likeness (QED) is 0.855. The summed E-state index contributed by atoms with van der Waals surface area (Å²) in [5.74, 6) is 0.455. The van der Waals surface area contributed by atoms with Crippen LogP contribution in [-0.2, 0) is 0 Å². The predicted molar refractivity (Wildman–Crippen MR) is 62.3 cm³/mol. The smallest absolute Gasteiger partial charge is 0.123 e. The van der Waals surface area contributed by atoms with Gasteiger partial charge >= 0.3 is 0 Å². The second-order valence-corrected chi connectivity index (χ2v) is 5.25. The Morgan fingerprint density at radius 2 is 1.82 bits per heavy atom. The van der Waals surface area contributed by atoms with Gasteiger partial charge in [-0.2, -0.15) is 0 Å². The average Bonchev–Trinajstić information content (AvgIpc) is 2.83. The summed E-state index contributed by atoms with van der Waals surface area (Å²) < 4.78 is 18.7. The lowest BCUT2D eigenvalue weighted by atomic mass is 9.62. The van der Waals surface area contributed by atoms with E-state index < -0.39 is 0 Å². The van der Waals surface area contributed by atoms with Crippen LogP contribution in [0.3, 0.4) is 0 Å². The molecule has 2 nitrogen and oxygen atoms in total. The monoisotopic (exact) mass is 236 g/mol. The molecule has 2 fully saturated rings. The minimum absolute atomic E-state index is 0.0195. The van der Waals surface area contributed by atoms with Gasteiger partial charge in [0.1, 0.15) is 17.7 Å². The highest BCUT2D eigenvalue weighted by Crippen LogP contribution is 2.54. The number of aliphatic hydroxyl groups excluding tert-OH is 1. The highest BCUT2D eigenvalue weighted by molar-refractivity contribution is 5.24. The van der Waals surface area contributed by atoms with Crippen molar-refractivity contribution in [2.45, 2.75) is 44.3 Å². The molecule has 0 bridgehead atoms. The molecule has 0 saturated heterocycles. The minimum Gasteiger partial charge on any atom is -0.490 e. The lowest BCUT2D eigenvalue weighted by molar-refractivity contribution is -0.152. The van der Waals surface area contributed by atoms with E-state index >= 15 is 0 Å². The highest BCUT2D eigenvalue weighted by Gasteiger charge is 2.57. The van der Waals surface area contributed by atoms with Gasteiger partial charge in [-0.25, -0.2) is 4.39 Å². The largest absolute Gasteiger partial charge is 0.490 e. The number of hydrogen-bond donors (Lipinski definition) is 1. The van der Waals surface area contributed by atoms with E-state index in [1.54, 1.807) is 12.1 Å². The van der Waals surface area contributed by atoms with Crippen LogP contribution >= 0.6 is 0 Å². The summed E-state index contributed by atoms with van der Waals surface area (Å²) in [4.78, 5) is 0. The molecule has 0 aliphatic heterocycles. The van der Waals surface area contributed by atoms with E-state index in [4.69, 9.17) is 4.74 Å². The number of halogens is 1. The van der Waals surface area contributed by atoms with Gasteiger partial charge in [-0.05, 0) is 37.1 Å². The van der Waals surface area contributed by atoms with Crippen molar-refractivity contribution in [3.63, 3.8) is 0 Å². The van der Waals surface area contributed by atoms with E-state index in [0.717, 1.165) is 12.8 Å². The third-order valence-electron chi connectivity index (χ3n) is 4.37. The van der Waals surface area contributed by atoms with Crippen molar-refractivity contribution >= 4 is 0 Å². The van der Waals surface area contributed by atoms with Crippen LogP contribution in [0.2, 0.25) is 0 Å². The molecule has 0 amide bonds. The summed E-state index contributed by atoms with van der Waals surface area (Å²) in [6.07, 6.45) is 5.07. The van der Waals surface area contributed by atoms with Crippen molar-refractivity contribution in [3.8, 4) is 5.75 Å². The normalized spacial score (nSPS) is 30.2. The van der Waals surface area contributed by atoms with Crippen LogP contribution < -0.4 is 4.74 Å². The van der Waals surface area contributed by atoms with Gasteiger partial charge in [0.15, 0.2) is 0 Å². The Morgan fingerprint density at radius 3 is 2.41 bits per heavy atom. The first-order valence-corrected chi connectivity index (χ1v) is 6.31. The summed E-state index contributed by atoms with van der Waals surface area (Å²) in [6, 6.07) is 6.13. The van der Waals surface area contributed by atoms with E-state index in [9.17, 15) is 9.50 Å². The molecule has 0 aromatic heterocycles. The fourth-order valence-corrected chi connectivity index (χ4v) is 3.26. The minimum atomic E-state index is -0.249. The maximum absolute atomic E-state index is 12.8. The van der Waals surface area contributed by atoms with Crippen LogP contribution in [0.4, 0.5) is 4.39 Å². The SMILES string of the molecule is OC1CC(Oc2ccc(F)cc2)C12CCCC2. The zero-order valence-electron chi connectivity index (χ0n) is 9.73. The molecule has 2 aliphatic carbocycles. The topological polar surface area (TPSA) is 29.5 Å². The predicted octanol–water partition coefficient (Wildman–Crippen LogP) is 2.90. The standard InChI is InChI=1S/C14H17FO2/c15-10-3-5-11(6-4-10)17-13-9-12(16)14(13)7-1-2-8-14/h3-6,12-13,16H,1-2,7-9H2. The van der Waals surface area contributed by atoms with E-state index in [1.807, 2.05) is 0 Å². The molecule has 1 N–H and O–H groups in total. The molecule has 1 aromatic rings. The van der Waals surface area contributed by atoms with Crippen molar-refractivity contribution in [1.29, 1.82) is 0 Å². The van der Waals surface area contributed by atoms with E-state index in [0.29, 0.717) is 12.2 Å². The highest BCUT2D eigenvalue weighted by atomic mass is 19.1. The fourth-order valence-electron chi connectivity index (χ4n) is 3.26. The molecule has 2 atom stereocenters. The number of hydrogen-bond acceptors (Lipinski definition) is 2. The Morgan fingerprint density at radius 1 is 1.18 bits per heavy atom. The molecule has 3 rings (SSSR count). The van der Waals surface area contributed by atoms with Gasteiger partial charge in [0, 0.05) is 11.8 Å². The van der Waals surface area contributed by atoms with Crippen molar-refractivity contribution in [2.75, 3.05) is 0 Å². The Labute approximate surface area is 100 Å². The zero-order valence-corrected chi connectivity index (χ0v) is 9.73. The molecule has 1 aromatic carbocycles. The average molecular weight is 236 g/mol. The van der Waals surface area contributed by atoms with Crippen LogP contribution in [0.15, 0.2) is 24.3 Å². The Kier molecular flexibility index (Phi) is 2.58. The molecule has 1 spiro atoms. The molecule has 92 valence electrons. The molecule has 2 aliphatic rings. The first-order chi connectivity index (χ1) is 8.21. The molecule has 2 saturated carbocycles. The van der Waals surface area contributed by atoms with Gasteiger partial charge in [-0.3, -0.25) is 0 Å². The van der Waals surface area contributed by atoms with Gasteiger partial charge in [0.05, 0.1) is 6.10 Å². The second-order valence-electron chi connectivity index (χ2n) is 5.25. The van der Waals surface area contributed by atoms with Crippen molar-refractivity contribution in [1.82, 2.24) is 0 Å². The number of benzene rings is 1. The molecular formula is C14H17FO2. The first-order valence-electron chi connectivity index (χ1n) is 6.31. The van der Waals surface area contributed by atoms with Crippen LogP contribution in [0.5, 0.6) is 5.75 Å². The zero-order chi connectivity index (χ0) is 11.9. The van der Waals surface area contributed by atoms with E-state index in [-0.39, 0.29) is 23.4 Å². The number of aliphatic hydroxyl groups is 1. The van der Waals surface area contributed by atoms with Crippen molar-refractivity contribution in [2.24, 2.45) is 5.41 Å². The third kappa shape index (κ3) is 1.73. The Bertz CT molecular complexity index is 395. The van der Waals surface area contributed by atoms with Crippen LogP contribution in [0.25, 0.3) is 0 Å². The molecule has 0 heterocycles. The van der Waals surface area contributed by atoms with Gasteiger partial charge in [0.25, 0.3) is 0 Å². The second kappa shape index (κ2) is 3.98. The molecule has 17 heavy (non-hydrogen) atoms. The van der Waals surface area contributed by atoms with Gasteiger partial charge < -0.3 is 9.84 Å². The van der Waals surface area contributed by atoms with Crippen LogP contribution in [-0.4, -0.2) is 17.3 Å². The maximum atomic E-state index is 12.8. The van der Waals surface area contributed by atoms with Gasteiger partial charge in [0.2, 0.25) is 0 Å². The Balaban J connectivity index is 1.72. The van der Waals surface area contributed by atoms with Crippen LogP contribution in [0, 0.1) is 11.2 Å². The van der Waals surface area contributed by atoms with Crippen LogP contribution in [0.1, 0.15) is 32.1 Å². The fraction of sp³-hybridized carbons (Fsp3) is 0.571. The number of rotatable bonds is 2. The summed E-state index contributed by atoms with van der Waals surface area (Å²) in [5, 5.41) is 9.95. The third-order valence-corrected chi connectivity index (χ3v) is 4.37.